The average Bonchev–Trinajstić information content (AvgIpc) is 3.07. The number of carbonyl (C=O) groups is 1. The van der Waals surface area contributed by atoms with Crippen LogP contribution in [0.4, 0.5) is 11.6 Å². The fourth-order valence-electron chi connectivity index (χ4n) is 4.03. The Morgan fingerprint density at radius 1 is 1.03 bits per heavy atom. The van der Waals surface area contributed by atoms with E-state index in [-0.39, 0.29) is 17.5 Å². The summed E-state index contributed by atoms with van der Waals surface area (Å²) >= 11 is 6.01. The molecule has 146 valence electrons. The van der Waals surface area contributed by atoms with E-state index in [9.17, 15) is 9.90 Å². The lowest BCUT2D eigenvalue weighted by Crippen LogP contribution is -2.27. The van der Waals surface area contributed by atoms with E-state index >= 15 is 0 Å². The van der Waals surface area contributed by atoms with Crippen molar-refractivity contribution < 1.29 is 14.5 Å². The van der Waals surface area contributed by atoms with Crippen molar-refractivity contribution in [1.82, 2.24) is 10.3 Å². The topological polar surface area (TPSA) is 100 Å². The van der Waals surface area contributed by atoms with E-state index in [0.717, 1.165) is 16.8 Å². The van der Waals surface area contributed by atoms with Gasteiger partial charge in [0.2, 0.25) is 11.6 Å². The molecule has 0 saturated carbocycles. The predicted molar refractivity (Wildman–Crippen MR) is 108 cm³/mol. The van der Waals surface area contributed by atoms with Crippen LogP contribution in [0.15, 0.2) is 64.4 Å². The molecule has 5 rings (SSSR count). The van der Waals surface area contributed by atoms with Gasteiger partial charge in [0.25, 0.3) is 0 Å². The summed E-state index contributed by atoms with van der Waals surface area (Å²) in [6, 6.07) is 13.9. The van der Waals surface area contributed by atoms with Crippen LogP contribution in [-0.2, 0) is 4.79 Å². The second kappa shape index (κ2) is 6.93. The molecule has 0 saturated heterocycles. The third-order valence-corrected chi connectivity index (χ3v) is 5.63. The molecule has 1 aromatic heterocycles. The van der Waals surface area contributed by atoms with Gasteiger partial charge >= 0.3 is 0 Å². The third-order valence-electron chi connectivity index (χ3n) is 5.38. The lowest BCUT2D eigenvalue weighted by atomic mass is 9.78. The number of rotatable bonds is 2. The summed E-state index contributed by atoms with van der Waals surface area (Å²) in [5.41, 5.74) is 3.21. The molecule has 0 amide bonds. The van der Waals surface area contributed by atoms with E-state index in [1.54, 1.807) is 18.2 Å². The van der Waals surface area contributed by atoms with Crippen LogP contribution < -0.4 is 10.6 Å². The summed E-state index contributed by atoms with van der Waals surface area (Å²) < 4.78 is 4.87. The van der Waals surface area contributed by atoms with E-state index in [0.29, 0.717) is 35.1 Å². The highest BCUT2D eigenvalue weighted by Crippen LogP contribution is 2.43. The number of aromatic hydroxyl groups is 1. The first-order chi connectivity index (χ1) is 14.1. The molecule has 2 aliphatic rings. The third kappa shape index (κ3) is 3.23. The molecule has 0 spiro atoms. The van der Waals surface area contributed by atoms with Crippen molar-refractivity contribution in [3.8, 4) is 5.75 Å². The maximum atomic E-state index is 13.3. The van der Waals surface area contributed by atoms with Crippen LogP contribution in [0.25, 0.3) is 0 Å². The molecule has 2 aromatic carbocycles. The molecule has 2 unspecified atom stereocenters. The van der Waals surface area contributed by atoms with Gasteiger partial charge in [0.05, 0.1) is 6.04 Å². The predicted octanol–water partition coefficient (Wildman–Crippen LogP) is 4.41. The minimum absolute atomic E-state index is 0.0252. The number of hydrogen-bond donors (Lipinski definition) is 3. The molecule has 7 nitrogen and oxygen atoms in total. The molecule has 3 aromatic rings. The first-order valence-corrected chi connectivity index (χ1v) is 9.63. The zero-order chi connectivity index (χ0) is 20.0. The zero-order valence-corrected chi connectivity index (χ0v) is 16.0. The van der Waals surface area contributed by atoms with E-state index in [1.807, 2.05) is 30.3 Å². The van der Waals surface area contributed by atoms with Gasteiger partial charge in [-0.05, 0) is 58.0 Å². The Bertz CT molecular complexity index is 1120. The van der Waals surface area contributed by atoms with Crippen LogP contribution in [0.3, 0.4) is 0 Å². The number of nitrogens with zero attached hydrogens (tertiary/aromatic N) is 2. The Morgan fingerprint density at radius 3 is 2.62 bits per heavy atom. The van der Waals surface area contributed by atoms with Gasteiger partial charge in [-0.3, -0.25) is 4.79 Å². The molecular weight excluding hydrogens is 392 g/mol. The van der Waals surface area contributed by atoms with E-state index in [2.05, 4.69) is 20.9 Å². The van der Waals surface area contributed by atoms with Gasteiger partial charge in [-0.2, -0.15) is 0 Å². The van der Waals surface area contributed by atoms with Crippen molar-refractivity contribution in [1.29, 1.82) is 0 Å². The first-order valence-electron chi connectivity index (χ1n) is 9.25. The van der Waals surface area contributed by atoms with Crippen molar-refractivity contribution in [2.24, 2.45) is 0 Å². The van der Waals surface area contributed by atoms with Gasteiger partial charge in [0.15, 0.2) is 5.78 Å². The van der Waals surface area contributed by atoms with Crippen molar-refractivity contribution in [2.45, 2.75) is 24.8 Å². The number of hydrogen-bond acceptors (Lipinski definition) is 7. The van der Waals surface area contributed by atoms with Gasteiger partial charge in [-0.25, -0.2) is 4.63 Å². The summed E-state index contributed by atoms with van der Waals surface area (Å²) in [5.74, 6) is 1.04. The molecule has 0 bridgehead atoms. The molecule has 8 heteroatoms. The minimum atomic E-state index is -0.476. The van der Waals surface area contributed by atoms with Crippen molar-refractivity contribution in [2.75, 3.05) is 10.6 Å². The van der Waals surface area contributed by atoms with E-state index < -0.39 is 6.04 Å². The number of nitrogens with one attached hydrogen (secondary N) is 2. The molecule has 1 aliphatic carbocycles. The van der Waals surface area contributed by atoms with Gasteiger partial charge < -0.3 is 15.7 Å². The highest BCUT2D eigenvalue weighted by molar-refractivity contribution is 6.30. The quantitative estimate of drug-likeness (QED) is 0.577. The van der Waals surface area contributed by atoms with Crippen LogP contribution in [0, 0.1) is 0 Å². The Hall–Kier alpha value is -3.32. The number of phenolic OH excluding ortho intramolecular Hbond substituents is 1. The first kappa shape index (κ1) is 17.8. The van der Waals surface area contributed by atoms with Crippen LogP contribution in [-0.4, -0.2) is 21.2 Å². The molecule has 3 N–H and O–H groups in total. The average molecular weight is 409 g/mol. The van der Waals surface area contributed by atoms with E-state index in [4.69, 9.17) is 16.2 Å². The van der Waals surface area contributed by atoms with Crippen LogP contribution in [0.5, 0.6) is 5.75 Å². The smallest absolute Gasteiger partial charge is 0.219 e. The van der Waals surface area contributed by atoms with Gasteiger partial charge in [-0.15, -0.1) is 0 Å². The largest absolute Gasteiger partial charge is 0.508 e. The van der Waals surface area contributed by atoms with Gasteiger partial charge in [-0.1, -0.05) is 35.9 Å². The van der Waals surface area contributed by atoms with Crippen LogP contribution in [0.1, 0.15) is 35.9 Å². The van der Waals surface area contributed by atoms with E-state index in [1.165, 1.54) is 0 Å². The fraction of sp³-hybridized carbons (Fsp3) is 0.190. The summed E-state index contributed by atoms with van der Waals surface area (Å²) in [6.07, 6.45) is 1.01. The number of benzene rings is 2. The maximum Gasteiger partial charge on any atom is 0.219 e. The summed E-state index contributed by atoms with van der Waals surface area (Å²) in [6.45, 7) is 0. The lowest BCUT2D eigenvalue weighted by molar-refractivity contribution is -0.116. The fourth-order valence-corrected chi connectivity index (χ4v) is 4.15. The second-order valence-electron chi connectivity index (χ2n) is 7.23. The molecule has 2 atom stereocenters. The van der Waals surface area contributed by atoms with Gasteiger partial charge in [0.1, 0.15) is 5.75 Å². The Morgan fingerprint density at radius 2 is 1.83 bits per heavy atom. The number of fused-ring (bicyclic) bond motifs is 1. The summed E-state index contributed by atoms with van der Waals surface area (Å²) in [5, 5.41) is 24.9. The number of allylic oxidation sites excluding steroid dienone is 1. The Labute approximate surface area is 171 Å². The number of ketones is 1. The monoisotopic (exact) mass is 408 g/mol. The summed E-state index contributed by atoms with van der Waals surface area (Å²) in [4.78, 5) is 13.3. The molecule has 29 heavy (non-hydrogen) atoms. The Kier molecular flexibility index (Phi) is 4.24. The normalized spacial score (nSPS) is 20.9. The lowest BCUT2D eigenvalue weighted by Gasteiger charge is -2.29. The maximum absolute atomic E-state index is 13.3. The standard InChI is InChI=1S/C21H17ClN4O3/c22-14-6-4-11(5-7-14)13-9-16-18(17(28)10-13)19(12-2-1-3-15(27)8-12)24-21-20(23-16)25-29-26-21/h1-8,13,19,27H,9-10H2,(H,23,25)(H,24,26). The van der Waals surface area contributed by atoms with Gasteiger partial charge in [0, 0.05) is 22.7 Å². The molecule has 2 heterocycles. The number of carbonyl (C=O) groups excluding carboxylic acids is 1. The van der Waals surface area contributed by atoms with Crippen molar-refractivity contribution >= 4 is 29.0 Å². The minimum Gasteiger partial charge on any atom is -0.508 e. The number of Topliss-reactive ketones (excluding diaryl/α,β-unsaturated/α-hetero) is 1. The number of phenols is 1. The highest BCUT2D eigenvalue weighted by atomic mass is 35.5. The summed E-state index contributed by atoms with van der Waals surface area (Å²) in [7, 11) is 0. The van der Waals surface area contributed by atoms with Crippen molar-refractivity contribution in [3.05, 3.63) is 76.0 Å². The number of halogens is 1. The molecule has 1 aliphatic heterocycles. The SMILES string of the molecule is O=C1CC(c2ccc(Cl)cc2)CC2=C1C(c1cccc(O)c1)Nc1nonc1N2. The molecular formula is C21H17ClN4O3. The highest BCUT2D eigenvalue weighted by Gasteiger charge is 2.37. The van der Waals surface area contributed by atoms with Crippen LogP contribution >= 0.6 is 11.6 Å². The number of anilines is 2. The molecule has 0 fully saturated rings. The van der Waals surface area contributed by atoms with Crippen LogP contribution in [0.2, 0.25) is 5.02 Å². The zero-order valence-electron chi connectivity index (χ0n) is 15.2. The second-order valence-corrected chi connectivity index (χ2v) is 7.67. The van der Waals surface area contributed by atoms with Crippen molar-refractivity contribution in [3.63, 3.8) is 0 Å². The molecule has 0 radical (unpaired) electrons. The number of aromatic nitrogens is 2. The Balaban J connectivity index is 1.59.